The van der Waals surface area contributed by atoms with Crippen molar-refractivity contribution in [3.8, 4) is 6.01 Å². The Bertz CT molecular complexity index is 568. The molecule has 0 aromatic carbocycles. The van der Waals surface area contributed by atoms with Crippen LogP contribution in [0.2, 0.25) is 0 Å². The molecule has 1 aromatic rings. The van der Waals surface area contributed by atoms with Gasteiger partial charge in [-0.3, -0.25) is 4.79 Å². The minimum absolute atomic E-state index is 0.00800. The van der Waals surface area contributed by atoms with E-state index in [4.69, 9.17) is 4.74 Å². The first-order chi connectivity index (χ1) is 9.94. The Balaban J connectivity index is 1.76. The third-order valence-corrected chi connectivity index (χ3v) is 4.24. The Morgan fingerprint density at radius 2 is 1.95 bits per heavy atom. The fraction of sp³-hybridized carbons (Fsp3) is 0.615. The van der Waals surface area contributed by atoms with E-state index in [9.17, 15) is 13.2 Å². The van der Waals surface area contributed by atoms with Gasteiger partial charge < -0.3 is 9.64 Å². The van der Waals surface area contributed by atoms with Crippen LogP contribution < -0.4 is 4.74 Å². The Morgan fingerprint density at radius 3 is 2.52 bits per heavy atom. The number of sulfone groups is 1. The van der Waals surface area contributed by atoms with Gasteiger partial charge in [0.2, 0.25) is 5.91 Å². The van der Waals surface area contributed by atoms with Crippen molar-refractivity contribution in [1.82, 2.24) is 14.9 Å². The molecule has 1 fully saturated rings. The highest BCUT2D eigenvalue weighted by Gasteiger charge is 2.24. The Hall–Kier alpha value is -1.70. The monoisotopic (exact) mass is 313 g/mol. The van der Waals surface area contributed by atoms with E-state index in [1.807, 2.05) is 0 Å². The number of carbonyl (C=O) groups is 1. The number of piperidine rings is 1. The second kappa shape index (κ2) is 6.84. The van der Waals surface area contributed by atoms with Crippen molar-refractivity contribution in [2.24, 2.45) is 0 Å². The lowest BCUT2D eigenvalue weighted by atomic mass is 10.1. The topological polar surface area (TPSA) is 89.5 Å². The minimum atomic E-state index is -3.10. The number of rotatable bonds is 5. The van der Waals surface area contributed by atoms with Crippen molar-refractivity contribution in [1.29, 1.82) is 0 Å². The van der Waals surface area contributed by atoms with Crippen LogP contribution in [0.1, 0.15) is 19.3 Å². The van der Waals surface area contributed by atoms with Crippen molar-refractivity contribution in [3.63, 3.8) is 0 Å². The summed E-state index contributed by atoms with van der Waals surface area (Å²) in [5.74, 6) is -0.213. The van der Waals surface area contributed by atoms with Gasteiger partial charge in [0.25, 0.3) is 0 Å². The Morgan fingerprint density at radius 1 is 1.33 bits per heavy atom. The smallest absolute Gasteiger partial charge is 0.316 e. The van der Waals surface area contributed by atoms with Crippen LogP contribution in [0, 0.1) is 0 Å². The molecular weight excluding hydrogens is 294 g/mol. The first kappa shape index (κ1) is 15.7. The van der Waals surface area contributed by atoms with Crippen LogP contribution in [0.15, 0.2) is 18.5 Å². The summed E-state index contributed by atoms with van der Waals surface area (Å²) < 4.78 is 27.8. The molecule has 8 heteroatoms. The first-order valence-electron chi connectivity index (χ1n) is 6.83. The molecule has 1 amide bonds. The standard InChI is InChI=1S/C13H19N3O4S/c1-21(18,19)10-5-12(17)16-8-3-11(4-9-16)20-13-14-6-2-7-15-13/h2,6-7,11H,3-5,8-10H2,1H3. The molecule has 0 atom stereocenters. The molecule has 0 spiro atoms. The van der Waals surface area contributed by atoms with Gasteiger partial charge in [-0.1, -0.05) is 0 Å². The molecule has 116 valence electrons. The second-order valence-electron chi connectivity index (χ2n) is 5.11. The highest BCUT2D eigenvalue weighted by molar-refractivity contribution is 7.90. The number of carbonyl (C=O) groups excluding carboxylic acids is 1. The molecule has 1 aliphatic heterocycles. The molecular formula is C13H19N3O4S. The molecule has 0 unspecified atom stereocenters. The van der Waals surface area contributed by atoms with E-state index in [0.717, 1.165) is 6.26 Å². The van der Waals surface area contributed by atoms with Crippen LogP contribution >= 0.6 is 0 Å². The maximum Gasteiger partial charge on any atom is 0.316 e. The predicted molar refractivity (Wildman–Crippen MR) is 76.6 cm³/mol. The zero-order valence-electron chi connectivity index (χ0n) is 11.9. The average molecular weight is 313 g/mol. The summed E-state index contributed by atoms with van der Waals surface area (Å²) in [7, 11) is -3.10. The van der Waals surface area contributed by atoms with Gasteiger partial charge in [-0.2, -0.15) is 0 Å². The van der Waals surface area contributed by atoms with Gasteiger partial charge in [-0.05, 0) is 6.07 Å². The van der Waals surface area contributed by atoms with Gasteiger partial charge in [0.1, 0.15) is 15.9 Å². The molecule has 0 aliphatic carbocycles. The molecule has 7 nitrogen and oxygen atoms in total. The number of ether oxygens (including phenoxy) is 1. The minimum Gasteiger partial charge on any atom is -0.460 e. The van der Waals surface area contributed by atoms with Crippen molar-refractivity contribution in [3.05, 3.63) is 18.5 Å². The molecule has 0 bridgehead atoms. The summed E-state index contributed by atoms with van der Waals surface area (Å²) >= 11 is 0. The molecule has 1 aromatic heterocycles. The first-order valence-corrected chi connectivity index (χ1v) is 8.89. The number of likely N-dealkylation sites (tertiary alicyclic amines) is 1. The number of nitrogens with zero attached hydrogens (tertiary/aromatic N) is 3. The molecule has 21 heavy (non-hydrogen) atoms. The average Bonchev–Trinajstić information content (AvgIpc) is 2.46. The van der Waals surface area contributed by atoms with E-state index in [-0.39, 0.29) is 24.2 Å². The van der Waals surface area contributed by atoms with E-state index >= 15 is 0 Å². The lowest BCUT2D eigenvalue weighted by Gasteiger charge is -2.31. The van der Waals surface area contributed by atoms with Crippen LogP contribution in [0.5, 0.6) is 6.01 Å². The van der Waals surface area contributed by atoms with Gasteiger partial charge in [0.15, 0.2) is 0 Å². The van der Waals surface area contributed by atoms with Crippen LogP contribution in [-0.4, -0.2) is 60.4 Å². The summed E-state index contributed by atoms with van der Waals surface area (Å²) in [5, 5.41) is 0. The normalized spacial score (nSPS) is 16.7. The molecule has 2 rings (SSSR count). The van der Waals surface area contributed by atoms with E-state index in [1.165, 1.54) is 0 Å². The molecule has 1 aliphatic rings. The fourth-order valence-corrected chi connectivity index (χ4v) is 2.69. The van der Waals surface area contributed by atoms with Crippen molar-refractivity contribution < 1.29 is 17.9 Å². The SMILES string of the molecule is CS(=O)(=O)CCC(=O)N1CCC(Oc2ncccn2)CC1. The largest absolute Gasteiger partial charge is 0.460 e. The van der Waals surface area contributed by atoms with Crippen molar-refractivity contribution >= 4 is 15.7 Å². The molecule has 0 radical (unpaired) electrons. The zero-order valence-corrected chi connectivity index (χ0v) is 12.8. The maximum absolute atomic E-state index is 11.9. The number of hydrogen-bond donors (Lipinski definition) is 0. The summed E-state index contributed by atoms with van der Waals surface area (Å²) in [6, 6.07) is 2.06. The third-order valence-electron chi connectivity index (χ3n) is 3.30. The van der Waals surface area contributed by atoms with Gasteiger partial charge in [0, 0.05) is 51.0 Å². The van der Waals surface area contributed by atoms with Crippen molar-refractivity contribution in [2.75, 3.05) is 25.1 Å². The van der Waals surface area contributed by atoms with Crippen LogP contribution in [0.25, 0.3) is 0 Å². The lowest BCUT2D eigenvalue weighted by molar-refractivity contribution is -0.132. The number of amides is 1. The van der Waals surface area contributed by atoms with E-state index in [2.05, 4.69) is 9.97 Å². The highest BCUT2D eigenvalue weighted by atomic mass is 32.2. The predicted octanol–water partition coefficient (Wildman–Crippen LogP) is 0.281. The Labute approximate surface area is 124 Å². The second-order valence-corrected chi connectivity index (χ2v) is 7.37. The van der Waals surface area contributed by atoms with E-state index in [1.54, 1.807) is 23.4 Å². The van der Waals surface area contributed by atoms with E-state index < -0.39 is 9.84 Å². The quantitative estimate of drug-likeness (QED) is 0.776. The third kappa shape index (κ3) is 5.30. The van der Waals surface area contributed by atoms with Gasteiger partial charge >= 0.3 is 6.01 Å². The number of hydrogen-bond acceptors (Lipinski definition) is 6. The van der Waals surface area contributed by atoms with Gasteiger partial charge in [-0.25, -0.2) is 18.4 Å². The summed E-state index contributed by atoms with van der Waals surface area (Å²) in [4.78, 5) is 21.6. The Kier molecular flexibility index (Phi) is 5.11. The summed E-state index contributed by atoms with van der Waals surface area (Å²) in [5.41, 5.74) is 0. The van der Waals surface area contributed by atoms with Crippen LogP contribution in [0.4, 0.5) is 0 Å². The molecule has 0 N–H and O–H groups in total. The molecule has 1 saturated heterocycles. The van der Waals surface area contributed by atoms with Crippen LogP contribution in [-0.2, 0) is 14.6 Å². The highest BCUT2D eigenvalue weighted by Crippen LogP contribution is 2.16. The fourth-order valence-electron chi connectivity index (χ4n) is 2.15. The molecule has 2 heterocycles. The van der Waals surface area contributed by atoms with Crippen LogP contribution in [0.3, 0.4) is 0 Å². The van der Waals surface area contributed by atoms with Gasteiger partial charge in [-0.15, -0.1) is 0 Å². The van der Waals surface area contributed by atoms with Gasteiger partial charge in [0.05, 0.1) is 5.75 Å². The summed E-state index contributed by atoms with van der Waals surface area (Å²) in [6.07, 6.45) is 5.81. The van der Waals surface area contributed by atoms with Crippen molar-refractivity contribution in [2.45, 2.75) is 25.4 Å². The number of aromatic nitrogens is 2. The maximum atomic E-state index is 11.9. The summed E-state index contributed by atoms with van der Waals surface area (Å²) in [6.45, 7) is 1.14. The molecule has 0 saturated carbocycles. The lowest BCUT2D eigenvalue weighted by Crippen LogP contribution is -2.42. The zero-order chi connectivity index (χ0) is 15.3. The van der Waals surface area contributed by atoms with E-state index in [0.29, 0.717) is 31.9 Å².